The molecule has 1 aliphatic heterocycles. The van der Waals surface area contributed by atoms with Crippen molar-refractivity contribution in [3.63, 3.8) is 0 Å². The number of methoxy groups -OCH3 is 1. The third-order valence-electron chi connectivity index (χ3n) is 7.63. The number of piperidine rings is 1. The van der Waals surface area contributed by atoms with Gasteiger partial charge < -0.3 is 9.84 Å². The third-order valence-corrected chi connectivity index (χ3v) is 7.96. The summed E-state index contributed by atoms with van der Waals surface area (Å²) < 4.78 is 60.0. The van der Waals surface area contributed by atoms with Crippen molar-refractivity contribution < 1.29 is 32.2 Å². The van der Waals surface area contributed by atoms with Crippen molar-refractivity contribution in [2.45, 2.75) is 44.5 Å². The normalized spacial score (nSPS) is 18.5. The molecule has 0 bridgehead atoms. The van der Waals surface area contributed by atoms with Crippen molar-refractivity contribution in [3.8, 4) is 17.6 Å². The van der Waals surface area contributed by atoms with E-state index in [0.717, 1.165) is 18.6 Å². The first-order valence-electron chi connectivity index (χ1n) is 13.4. The number of halogens is 5. The molecule has 3 aromatic rings. The Morgan fingerprint density at radius 1 is 1.20 bits per heavy atom. The fourth-order valence-corrected chi connectivity index (χ4v) is 5.59. The molecule has 0 unspecified atom stereocenters. The van der Waals surface area contributed by atoms with Crippen LogP contribution in [0.25, 0.3) is 10.9 Å². The minimum atomic E-state index is -4.49. The van der Waals surface area contributed by atoms with Crippen LogP contribution in [0.2, 0.25) is 5.02 Å². The van der Waals surface area contributed by atoms with E-state index >= 15 is 4.39 Å². The summed E-state index contributed by atoms with van der Waals surface area (Å²) in [5.74, 6) is 5.57. The number of carboxylic acid groups (broad SMARTS) is 1. The fourth-order valence-electron chi connectivity index (χ4n) is 5.42. The number of carbonyl (C=O) groups is 1. The van der Waals surface area contributed by atoms with Gasteiger partial charge in [-0.3, -0.25) is 14.7 Å². The summed E-state index contributed by atoms with van der Waals surface area (Å²) >= 11 is 6.05. The van der Waals surface area contributed by atoms with Gasteiger partial charge in [0.25, 0.3) is 0 Å². The number of aliphatic carboxylic acids is 1. The van der Waals surface area contributed by atoms with Gasteiger partial charge >= 0.3 is 12.1 Å². The number of hydrogen-bond acceptors (Lipinski definition) is 4. The number of alkyl halides is 4. The number of likely N-dealkylation sites (tertiary alicyclic amines) is 1. The zero-order valence-corrected chi connectivity index (χ0v) is 23.3. The molecule has 2 heterocycles. The van der Waals surface area contributed by atoms with Gasteiger partial charge in [-0.1, -0.05) is 23.4 Å². The predicted molar refractivity (Wildman–Crippen MR) is 150 cm³/mol. The van der Waals surface area contributed by atoms with Gasteiger partial charge in [0, 0.05) is 30.1 Å². The summed E-state index contributed by atoms with van der Waals surface area (Å²) in [5.41, 5.74) is 0.530. The summed E-state index contributed by atoms with van der Waals surface area (Å²) in [4.78, 5) is 17.7. The Labute approximate surface area is 241 Å². The number of carboxylic acids is 1. The number of hydrogen-bond donors (Lipinski definition) is 1. The van der Waals surface area contributed by atoms with Crippen molar-refractivity contribution in [2.24, 2.45) is 11.8 Å². The first kappa shape index (κ1) is 30.6. The van der Waals surface area contributed by atoms with Crippen LogP contribution in [0.3, 0.4) is 0 Å². The zero-order valence-electron chi connectivity index (χ0n) is 22.6. The molecule has 1 aliphatic rings. The van der Waals surface area contributed by atoms with Crippen LogP contribution in [0.5, 0.6) is 5.75 Å². The standard InChI is InChI=1S/C31H31ClF4N2O3/c1-41-24-7-10-29-26(18-24)25(12-14-37-29)28(33)9-4-20-13-16-38(19-22(20)5-11-30(39)40)15-2-3-21-17-23(31(34,35)36)6-8-27(21)32/h6-8,10,12,14,17-18,20,22,28H,4-5,9,11,13,15-16,19H2,1H3,(H,39,40)/t20-,22-,28-/m1/s1. The lowest BCUT2D eigenvalue weighted by molar-refractivity contribution is -0.138. The second-order valence-corrected chi connectivity index (χ2v) is 10.7. The predicted octanol–water partition coefficient (Wildman–Crippen LogP) is 7.56. The number of pyridine rings is 1. The van der Waals surface area contributed by atoms with Crippen molar-refractivity contribution in [3.05, 3.63) is 70.4 Å². The van der Waals surface area contributed by atoms with Gasteiger partial charge in [0.05, 0.1) is 29.8 Å². The Bertz CT molecular complexity index is 1440. The van der Waals surface area contributed by atoms with Crippen molar-refractivity contribution >= 4 is 28.5 Å². The maximum Gasteiger partial charge on any atom is 0.416 e. The van der Waals surface area contributed by atoms with Gasteiger partial charge in [-0.15, -0.1) is 0 Å². The Balaban J connectivity index is 1.41. The fraction of sp³-hybridized carbons (Fsp3) is 0.419. The van der Waals surface area contributed by atoms with E-state index in [9.17, 15) is 23.1 Å². The first-order valence-corrected chi connectivity index (χ1v) is 13.8. The highest BCUT2D eigenvalue weighted by molar-refractivity contribution is 6.31. The van der Waals surface area contributed by atoms with Crippen molar-refractivity contribution in [2.75, 3.05) is 26.7 Å². The highest BCUT2D eigenvalue weighted by atomic mass is 35.5. The molecule has 1 N–H and O–H groups in total. The lowest BCUT2D eigenvalue weighted by Gasteiger charge is -2.38. The highest BCUT2D eigenvalue weighted by Crippen LogP contribution is 2.37. The Morgan fingerprint density at radius 2 is 2.00 bits per heavy atom. The molecule has 0 saturated carbocycles. The Kier molecular flexibility index (Phi) is 10.1. The molecule has 0 aliphatic carbocycles. The van der Waals surface area contributed by atoms with Gasteiger partial charge in [-0.2, -0.15) is 13.2 Å². The quantitative estimate of drug-likeness (QED) is 0.206. The van der Waals surface area contributed by atoms with Gasteiger partial charge in [0.2, 0.25) is 0 Å². The SMILES string of the molecule is COc1ccc2nccc([C@H](F)CC[C@@H]3CCN(CC#Cc4cc(C(F)(F)F)ccc4Cl)C[C@H]3CCC(=O)O)c2c1. The third kappa shape index (κ3) is 8.11. The van der Waals surface area contributed by atoms with E-state index in [0.29, 0.717) is 61.1 Å². The number of ether oxygens (including phenoxy) is 1. The maximum absolute atomic E-state index is 15.6. The summed E-state index contributed by atoms with van der Waals surface area (Å²) in [6.45, 7) is 1.56. The maximum atomic E-state index is 15.6. The topological polar surface area (TPSA) is 62.7 Å². The van der Waals surface area contributed by atoms with E-state index in [4.69, 9.17) is 16.3 Å². The van der Waals surface area contributed by atoms with Gasteiger partial charge in [-0.05, 0) is 92.1 Å². The van der Waals surface area contributed by atoms with Crippen LogP contribution in [0.1, 0.15) is 55.0 Å². The van der Waals surface area contributed by atoms with E-state index in [-0.39, 0.29) is 28.8 Å². The van der Waals surface area contributed by atoms with Gasteiger partial charge in [0.15, 0.2) is 0 Å². The van der Waals surface area contributed by atoms with E-state index in [1.165, 1.54) is 6.07 Å². The van der Waals surface area contributed by atoms with E-state index in [2.05, 4.69) is 21.7 Å². The highest BCUT2D eigenvalue weighted by Gasteiger charge is 2.31. The molecule has 4 rings (SSSR count). The van der Waals surface area contributed by atoms with Crippen molar-refractivity contribution in [1.82, 2.24) is 9.88 Å². The molecule has 0 radical (unpaired) electrons. The summed E-state index contributed by atoms with van der Waals surface area (Å²) in [6.07, 6.45) is -2.02. The monoisotopic (exact) mass is 590 g/mol. The molecule has 2 aromatic carbocycles. The lowest BCUT2D eigenvalue weighted by Crippen LogP contribution is -2.41. The molecule has 1 fully saturated rings. The largest absolute Gasteiger partial charge is 0.497 e. The molecule has 41 heavy (non-hydrogen) atoms. The van der Waals surface area contributed by atoms with Crippen LogP contribution < -0.4 is 4.74 Å². The molecule has 10 heteroatoms. The second kappa shape index (κ2) is 13.5. The molecule has 3 atom stereocenters. The van der Waals surface area contributed by atoms with Crippen LogP contribution in [0.15, 0.2) is 48.7 Å². The first-order chi connectivity index (χ1) is 19.5. The van der Waals surface area contributed by atoms with Crippen LogP contribution in [0.4, 0.5) is 17.6 Å². The lowest BCUT2D eigenvalue weighted by atomic mass is 9.79. The number of rotatable bonds is 9. The molecular weight excluding hydrogens is 560 g/mol. The average molecular weight is 591 g/mol. The van der Waals surface area contributed by atoms with Crippen LogP contribution in [-0.4, -0.2) is 47.7 Å². The number of aromatic nitrogens is 1. The zero-order chi connectivity index (χ0) is 29.6. The van der Waals surface area contributed by atoms with E-state index in [1.54, 1.807) is 37.6 Å². The average Bonchev–Trinajstić information content (AvgIpc) is 2.95. The van der Waals surface area contributed by atoms with Gasteiger partial charge in [-0.25, -0.2) is 4.39 Å². The molecule has 1 aromatic heterocycles. The van der Waals surface area contributed by atoms with Crippen LogP contribution >= 0.6 is 11.6 Å². The summed E-state index contributed by atoms with van der Waals surface area (Å²) in [5, 5.41) is 10.1. The van der Waals surface area contributed by atoms with E-state index < -0.39 is 23.9 Å². The Morgan fingerprint density at radius 3 is 2.73 bits per heavy atom. The molecule has 0 spiro atoms. The van der Waals surface area contributed by atoms with Gasteiger partial charge in [0.1, 0.15) is 11.9 Å². The number of benzene rings is 2. The van der Waals surface area contributed by atoms with Crippen LogP contribution in [0, 0.1) is 23.7 Å². The number of nitrogens with zero attached hydrogens (tertiary/aromatic N) is 2. The van der Waals surface area contributed by atoms with Crippen molar-refractivity contribution in [1.29, 1.82) is 0 Å². The minimum absolute atomic E-state index is 0.00830. The molecule has 1 saturated heterocycles. The molecule has 5 nitrogen and oxygen atoms in total. The molecular formula is C31H31ClF4N2O3. The summed E-state index contributed by atoms with van der Waals surface area (Å²) in [7, 11) is 1.56. The number of fused-ring (bicyclic) bond motifs is 1. The molecule has 0 amide bonds. The summed E-state index contributed by atoms with van der Waals surface area (Å²) in [6, 6.07) is 10.1. The smallest absolute Gasteiger partial charge is 0.416 e. The minimum Gasteiger partial charge on any atom is -0.497 e. The van der Waals surface area contributed by atoms with E-state index in [1.807, 2.05) is 0 Å². The van der Waals surface area contributed by atoms with Crippen LogP contribution in [-0.2, 0) is 11.0 Å². The Hall–Kier alpha value is -3.35. The molecule has 218 valence electrons. The second-order valence-electron chi connectivity index (χ2n) is 10.3.